The number of carbonyl (C=O) groups is 1. The molecule has 0 saturated heterocycles. The van der Waals surface area contributed by atoms with Crippen molar-refractivity contribution in [2.45, 2.75) is 25.7 Å². The minimum absolute atomic E-state index is 0.139. The molecule has 0 radical (unpaired) electrons. The number of hydrogen-bond acceptors (Lipinski definition) is 4. The highest BCUT2D eigenvalue weighted by Crippen LogP contribution is 2.25. The first-order valence-electron chi connectivity index (χ1n) is 8.74. The fourth-order valence-corrected chi connectivity index (χ4v) is 3.83. The third-order valence-electron chi connectivity index (χ3n) is 3.96. The molecule has 6 nitrogen and oxygen atoms in total. The molecule has 1 N–H and O–H groups in total. The van der Waals surface area contributed by atoms with Gasteiger partial charge in [0.05, 0.1) is 17.7 Å². The van der Waals surface area contributed by atoms with Gasteiger partial charge in [0.25, 0.3) is 10.0 Å². The van der Waals surface area contributed by atoms with Crippen molar-refractivity contribution >= 4 is 21.6 Å². The molecule has 2 aromatic carbocycles. The number of amides is 1. The second kappa shape index (κ2) is 8.90. The Kier molecular flexibility index (Phi) is 6.85. The Hall–Kier alpha value is -2.54. The molecule has 2 aromatic rings. The van der Waals surface area contributed by atoms with Crippen molar-refractivity contribution in [3.63, 3.8) is 0 Å². The van der Waals surface area contributed by atoms with Gasteiger partial charge in [0.15, 0.2) is 0 Å². The molecule has 0 saturated carbocycles. The summed E-state index contributed by atoms with van der Waals surface area (Å²) in [6, 6.07) is 13.1. The van der Waals surface area contributed by atoms with E-state index in [0.29, 0.717) is 18.0 Å². The van der Waals surface area contributed by atoms with Crippen LogP contribution in [-0.2, 0) is 14.8 Å². The predicted octanol–water partition coefficient (Wildman–Crippen LogP) is 2.97. The molecule has 7 heteroatoms. The number of rotatable bonds is 8. The van der Waals surface area contributed by atoms with Gasteiger partial charge < -0.3 is 10.1 Å². The molecule has 0 atom stereocenters. The van der Waals surface area contributed by atoms with Gasteiger partial charge in [-0.25, -0.2) is 8.42 Å². The highest BCUT2D eigenvalue weighted by Gasteiger charge is 2.27. The number of nitrogens with zero attached hydrogens (tertiary/aromatic N) is 1. The van der Waals surface area contributed by atoms with Crippen molar-refractivity contribution in [1.29, 1.82) is 0 Å². The van der Waals surface area contributed by atoms with Gasteiger partial charge in [-0.3, -0.25) is 9.10 Å². The lowest BCUT2D eigenvalue weighted by Gasteiger charge is -2.24. The van der Waals surface area contributed by atoms with E-state index in [9.17, 15) is 13.2 Å². The Balaban J connectivity index is 2.38. The van der Waals surface area contributed by atoms with Crippen LogP contribution in [0.15, 0.2) is 53.4 Å². The van der Waals surface area contributed by atoms with Crippen LogP contribution in [0.25, 0.3) is 0 Å². The van der Waals surface area contributed by atoms with E-state index < -0.39 is 10.0 Å². The summed E-state index contributed by atoms with van der Waals surface area (Å²) in [4.78, 5) is 12.5. The Bertz CT molecular complexity index is 860. The Morgan fingerprint density at radius 3 is 2.19 bits per heavy atom. The Morgan fingerprint density at radius 2 is 1.67 bits per heavy atom. The minimum Gasteiger partial charge on any atom is -0.497 e. The molecular formula is C20H26N2O4S. The first kappa shape index (κ1) is 20.8. The average Bonchev–Trinajstić information content (AvgIpc) is 2.65. The standard InChI is InChI=1S/C20H26N2O4S/c1-15(2)13-21-20(23)14-22(17-7-9-18(26-4)10-8-17)27(24,25)19-11-5-16(3)6-12-19/h5-12,15H,13-14H2,1-4H3,(H,21,23). The van der Waals surface area contributed by atoms with E-state index in [1.807, 2.05) is 20.8 Å². The molecule has 2 rings (SSSR count). The fourth-order valence-electron chi connectivity index (χ4n) is 2.41. The van der Waals surface area contributed by atoms with Crippen LogP contribution in [0.3, 0.4) is 0 Å². The molecule has 0 heterocycles. The molecule has 0 aliphatic rings. The maximum absolute atomic E-state index is 13.2. The van der Waals surface area contributed by atoms with E-state index in [4.69, 9.17) is 4.74 Å². The quantitative estimate of drug-likeness (QED) is 0.752. The summed E-state index contributed by atoms with van der Waals surface area (Å²) in [7, 11) is -2.36. The van der Waals surface area contributed by atoms with Crippen LogP contribution < -0.4 is 14.4 Å². The van der Waals surface area contributed by atoms with Gasteiger partial charge in [-0.15, -0.1) is 0 Å². The normalized spacial score (nSPS) is 11.3. The van der Waals surface area contributed by atoms with Gasteiger partial charge in [0.1, 0.15) is 12.3 Å². The zero-order valence-corrected chi connectivity index (χ0v) is 16.9. The number of methoxy groups -OCH3 is 1. The average molecular weight is 391 g/mol. The highest BCUT2D eigenvalue weighted by atomic mass is 32.2. The first-order valence-corrected chi connectivity index (χ1v) is 10.2. The van der Waals surface area contributed by atoms with Gasteiger partial charge in [0.2, 0.25) is 5.91 Å². The molecule has 27 heavy (non-hydrogen) atoms. The number of nitrogens with one attached hydrogen (secondary N) is 1. The van der Waals surface area contributed by atoms with Crippen LogP contribution >= 0.6 is 0 Å². The molecular weight excluding hydrogens is 364 g/mol. The summed E-state index contributed by atoms with van der Waals surface area (Å²) in [6.07, 6.45) is 0. The second-order valence-electron chi connectivity index (χ2n) is 6.72. The largest absolute Gasteiger partial charge is 0.497 e. The molecule has 0 aliphatic carbocycles. The summed E-state index contributed by atoms with van der Waals surface area (Å²) in [6.45, 7) is 6.03. The SMILES string of the molecule is COc1ccc(N(CC(=O)NCC(C)C)S(=O)(=O)c2ccc(C)cc2)cc1. The predicted molar refractivity (Wildman–Crippen MR) is 107 cm³/mol. The van der Waals surface area contributed by atoms with E-state index in [-0.39, 0.29) is 23.3 Å². The molecule has 0 aliphatic heterocycles. The summed E-state index contributed by atoms with van der Waals surface area (Å²) in [5.74, 6) is 0.531. The van der Waals surface area contributed by atoms with E-state index >= 15 is 0 Å². The molecule has 146 valence electrons. The summed E-state index contributed by atoms with van der Waals surface area (Å²) >= 11 is 0. The van der Waals surface area contributed by atoms with Crippen LogP contribution in [-0.4, -0.2) is 34.5 Å². The molecule has 0 bridgehead atoms. The van der Waals surface area contributed by atoms with Crippen LogP contribution in [0.5, 0.6) is 5.75 Å². The van der Waals surface area contributed by atoms with E-state index in [1.165, 1.54) is 7.11 Å². The zero-order valence-electron chi connectivity index (χ0n) is 16.1. The van der Waals surface area contributed by atoms with Crippen LogP contribution in [0.2, 0.25) is 0 Å². The van der Waals surface area contributed by atoms with Crippen molar-refractivity contribution in [2.24, 2.45) is 5.92 Å². The summed E-state index contributed by atoms with van der Waals surface area (Å²) in [5, 5.41) is 2.77. The monoisotopic (exact) mass is 390 g/mol. The number of ether oxygens (including phenoxy) is 1. The van der Waals surface area contributed by atoms with Gasteiger partial charge in [-0.05, 0) is 49.2 Å². The maximum atomic E-state index is 13.2. The second-order valence-corrected chi connectivity index (χ2v) is 8.58. The molecule has 1 amide bonds. The van der Waals surface area contributed by atoms with Gasteiger partial charge in [-0.2, -0.15) is 0 Å². The first-order chi connectivity index (χ1) is 12.7. The van der Waals surface area contributed by atoms with Crippen molar-refractivity contribution < 1.29 is 17.9 Å². The lowest BCUT2D eigenvalue weighted by Crippen LogP contribution is -2.41. The van der Waals surface area contributed by atoms with Gasteiger partial charge in [-0.1, -0.05) is 31.5 Å². The molecule has 0 spiro atoms. The minimum atomic E-state index is -3.89. The number of aryl methyl sites for hydroxylation is 1. The van der Waals surface area contributed by atoms with Crippen molar-refractivity contribution in [2.75, 3.05) is 24.5 Å². The third kappa shape index (κ3) is 5.47. The Labute approximate surface area is 161 Å². The fraction of sp³-hybridized carbons (Fsp3) is 0.350. The molecule has 0 aromatic heterocycles. The lowest BCUT2D eigenvalue weighted by molar-refractivity contribution is -0.119. The van der Waals surface area contributed by atoms with Gasteiger partial charge in [0, 0.05) is 6.54 Å². The molecule has 0 unspecified atom stereocenters. The number of benzene rings is 2. The van der Waals surface area contributed by atoms with E-state index in [2.05, 4.69) is 5.32 Å². The van der Waals surface area contributed by atoms with Crippen molar-refractivity contribution in [3.05, 3.63) is 54.1 Å². The summed E-state index contributed by atoms with van der Waals surface area (Å²) in [5.41, 5.74) is 1.36. The van der Waals surface area contributed by atoms with Gasteiger partial charge >= 0.3 is 0 Å². The highest BCUT2D eigenvalue weighted by molar-refractivity contribution is 7.92. The maximum Gasteiger partial charge on any atom is 0.264 e. The number of hydrogen-bond donors (Lipinski definition) is 1. The van der Waals surface area contributed by atoms with Crippen molar-refractivity contribution in [3.8, 4) is 5.75 Å². The number of carbonyl (C=O) groups excluding carboxylic acids is 1. The third-order valence-corrected chi connectivity index (χ3v) is 5.75. The van der Waals surface area contributed by atoms with Crippen LogP contribution in [0, 0.1) is 12.8 Å². The van der Waals surface area contributed by atoms with Crippen molar-refractivity contribution in [1.82, 2.24) is 5.32 Å². The topological polar surface area (TPSA) is 75.7 Å². The Morgan fingerprint density at radius 1 is 1.07 bits per heavy atom. The van der Waals surface area contributed by atoms with Crippen LogP contribution in [0.4, 0.5) is 5.69 Å². The van der Waals surface area contributed by atoms with E-state index in [0.717, 1.165) is 9.87 Å². The molecule has 0 fully saturated rings. The number of anilines is 1. The zero-order chi connectivity index (χ0) is 20.0. The van der Waals surface area contributed by atoms with Crippen LogP contribution in [0.1, 0.15) is 19.4 Å². The lowest BCUT2D eigenvalue weighted by atomic mass is 10.2. The smallest absolute Gasteiger partial charge is 0.264 e. The summed E-state index contributed by atoms with van der Waals surface area (Å²) < 4.78 is 32.6. The number of sulfonamides is 1. The van der Waals surface area contributed by atoms with E-state index in [1.54, 1.807) is 48.5 Å².